The molecule has 6 nitrogen and oxygen atoms in total. The molecule has 0 amide bonds. The number of aliphatic hydroxyl groups excluding tert-OH is 1. The van der Waals surface area contributed by atoms with Gasteiger partial charge in [-0.15, -0.1) is 0 Å². The number of methoxy groups -OCH3 is 2. The van der Waals surface area contributed by atoms with Crippen LogP contribution in [0.25, 0.3) is 0 Å². The van der Waals surface area contributed by atoms with Crippen LogP contribution in [0.4, 0.5) is 5.69 Å². The molecule has 0 atom stereocenters. The van der Waals surface area contributed by atoms with Gasteiger partial charge < -0.3 is 24.2 Å². The molecular formula is C23H30N2O4. The van der Waals surface area contributed by atoms with Gasteiger partial charge in [-0.3, -0.25) is 4.90 Å². The molecule has 2 aromatic carbocycles. The summed E-state index contributed by atoms with van der Waals surface area (Å²) in [5.74, 6) is 1.50. The number of benzene rings is 2. The quantitative estimate of drug-likeness (QED) is 0.807. The van der Waals surface area contributed by atoms with E-state index in [1.54, 1.807) is 14.2 Å². The van der Waals surface area contributed by atoms with Gasteiger partial charge in [-0.25, -0.2) is 0 Å². The first-order valence-corrected chi connectivity index (χ1v) is 10.2. The minimum absolute atomic E-state index is 0.0697. The molecule has 0 unspecified atom stereocenters. The molecule has 1 saturated heterocycles. The second-order valence-electron chi connectivity index (χ2n) is 7.75. The average Bonchev–Trinajstić information content (AvgIpc) is 2.78. The van der Waals surface area contributed by atoms with Gasteiger partial charge in [0.05, 0.1) is 27.5 Å². The van der Waals surface area contributed by atoms with Crippen LogP contribution in [0, 0.1) is 0 Å². The van der Waals surface area contributed by atoms with Crippen molar-refractivity contribution in [1.82, 2.24) is 4.90 Å². The molecule has 1 N–H and O–H groups in total. The van der Waals surface area contributed by atoms with E-state index in [1.807, 2.05) is 12.1 Å². The van der Waals surface area contributed by atoms with Gasteiger partial charge in [-0.1, -0.05) is 18.2 Å². The molecule has 6 heteroatoms. The Morgan fingerprint density at radius 3 is 2.48 bits per heavy atom. The summed E-state index contributed by atoms with van der Waals surface area (Å²) in [6, 6.07) is 12.9. The zero-order valence-corrected chi connectivity index (χ0v) is 17.3. The molecule has 1 fully saturated rings. The maximum Gasteiger partial charge on any atom is 0.161 e. The Hall–Kier alpha value is -2.28. The molecule has 2 aliphatic rings. The maximum atomic E-state index is 9.59. The van der Waals surface area contributed by atoms with Crippen LogP contribution in [0.5, 0.6) is 11.5 Å². The number of ether oxygens (including phenoxy) is 3. The van der Waals surface area contributed by atoms with Gasteiger partial charge in [0.1, 0.15) is 0 Å². The second-order valence-corrected chi connectivity index (χ2v) is 7.75. The van der Waals surface area contributed by atoms with Crippen molar-refractivity contribution >= 4 is 5.69 Å². The van der Waals surface area contributed by atoms with Crippen LogP contribution >= 0.6 is 0 Å². The van der Waals surface area contributed by atoms with Crippen LogP contribution < -0.4 is 14.4 Å². The number of anilines is 1. The van der Waals surface area contributed by atoms with E-state index in [1.165, 1.54) is 16.8 Å². The predicted molar refractivity (Wildman–Crippen MR) is 112 cm³/mol. The lowest BCUT2D eigenvalue weighted by molar-refractivity contribution is 0.0793. The van der Waals surface area contributed by atoms with E-state index in [2.05, 4.69) is 34.1 Å². The van der Waals surface area contributed by atoms with Crippen molar-refractivity contribution in [2.45, 2.75) is 38.6 Å². The van der Waals surface area contributed by atoms with Gasteiger partial charge in [0.25, 0.3) is 0 Å². The summed E-state index contributed by atoms with van der Waals surface area (Å²) in [6.07, 6.45) is 2.09. The third-order valence-electron chi connectivity index (χ3n) is 5.87. The Bertz CT molecular complexity index is 836. The lowest BCUT2D eigenvalue weighted by atomic mass is 10.00. The van der Waals surface area contributed by atoms with Crippen LogP contribution in [-0.2, 0) is 24.4 Å². The smallest absolute Gasteiger partial charge is 0.161 e. The molecule has 0 radical (unpaired) electrons. The molecule has 0 aromatic heterocycles. The van der Waals surface area contributed by atoms with Gasteiger partial charge in [-0.05, 0) is 47.7 Å². The number of rotatable bonds is 6. The van der Waals surface area contributed by atoms with Crippen molar-refractivity contribution in [1.29, 1.82) is 0 Å². The van der Waals surface area contributed by atoms with Gasteiger partial charge in [0.2, 0.25) is 0 Å². The van der Waals surface area contributed by atoms with Gasteiger partial charge in [0, 0.05) is 38.0 Å². The third kappa shape index (κ3) is 4.34. The molecule has 2 heterocycles. The van der Waals surface area contributed by atoms with E-state index in [4.69, 9.17) is 14.2 Å². The molecule has 0 spiro atoms. The first-order chi connectivity index (χ1) is 14.2. The summed E-state index contributed by atoms with van der Waals surface area (Å²) in [5, 5.41) is 9.59. The number of hydrogen-bond donors (Lipinski definition) is 1. The summed E-state index contributed by atoms with van der Waals surface area (Å²) in [5.41, 5.74) is 4.72. The highest BCUT2D eigenvalue weighted by molar-refractivity contribution is 5.57. The molecule has 2 aromatic rings. The first-order valence-electron chi connectivity index (χ1n) is 10.2. The van der Waals surface area contributed by atoms with E-state index < -0.39 is 0 Å². The zero-order valence-electron chi connectivity index (χ0n) is 17.3. The Balaban J connectivity index is 1.59. The number of nitrogens with zero attached hydrogens (tertiary/aromatic N) is 2. The SMILES string of the molecule is COc1ccc(CN2Cc3cc(CO)ccc3N(C3CCOCC3)C2)cc1OC. The van der Waals surface area contributed by atoms with Crippen molar-refractivity contribution in [3.05, 3.63) is 53.1 Å². The highest BCUT2D eigenvalue weighted by Gasteiger charge is 2.29. The summed E-state index contributed by atoms with van der Waals surface area (Å²) in [6.45, 7) is 4.27. The standard InChI is InChI=1S/C23H30N2O4/c1-27-22-6-4-17(12-23(22)28-2)13-24-14-19-11-18(15-26)3-5-21(19)25(16-24)20-7-9-29-10-8-20/h3-6,11-12,20,26H,7-10,13-16H2,1-2H3. The average molecular weight is 399 g/mol. The first kappa shape index (κ1) is 20.0. The maximum absolute atomic E-state index is 9.59. The monoisotopic (exact) mass is 398 g/mol. The largest absolute Gasteiger partial charge is 0.493 e. The van der Waals surface area contributed by atoms with Gasteiger partial charge >= 0.3 is 0 Å². The molecule has 0 bridgehead atoms. The predicted octanol–water partition coefficient (Wildman–Crippen LogP) is 3.15. The van der Waals surface area contributed by atoms with Crippen molar-refractivity contribution in [2.24, 2.45) is 0 Å². The summed E-state index contributed by atoms with van der Waals surface area (Å²) in [4.78, 5) is 4.96. The minimum atomic E-state index is 0.0697. The number of fused-ring (bicyclic) bond motifs is 1. The fourth-order valence-electron chi connectivity index (χ4n) is 4.38. The lowest BCUT2D eigenvalue weighted by Crippen LogP contribution is -2.49. The fraction of sp³-hybridized carbons (Fsp3) is 0.478. The number of hydrogen-bond acceptors (Lipinski definition) is 6. The van der Waals surface area contributed by atoms with E-state index in [9.17, 15) is 5.11 Å². The van der Waals surface area contributed by atoms with Crippen LogP contribution in [0.2, 0.25) is 0 Å². The second kappa shape index (κ2) is 9.03. The lowest BCUT2D eigenvalue weighted by Gasteiger charge is -2.44. The van der Waals surface area contributed by atoms with Crippen molar-refractivity contribution < 1.29 is 19.3 Å². The molecule has 4 rings (SSSR count). The Labute approximate surface area is 172 Å². The highest BCUT2D eigenvalue weighted by Crippen LogP contribution is 2.34. The molecular weight excluding hydrogens is 368 g/mol. The molecule has 0 saturated carbocycles. The van der Waals surface area contributed by atoms with Gasteiger partial charge in [-0.2, -0.15) is 0 Å². The highest BCUT2D eigenvalue weighted by atomic mass is 16.5. The van der Waals surface area contributed by atoms with Crippen LogP contribution in [0.15, 0.2) is 36.4 Å². The van der Waals surface area contributed by atoms with E-state index in [-0.39, 0.29) is 6.61 Å². The Morgan fingerprint density at radius 1 is 1.00 bits per heavy atom. The molecule has 156 valence electrons. The summed E-state index contributed by atoms with van der Waals surface area (Å²) < 4.78 is 16.4. The van der Waals surface area contributed by atoms with Crippen LogP contribution in [0.1, 0.15) is 29.5 Å². The minimum Gasteiger partial charge on any atom is -0.493 e. The Morgan fingerprint density at radius 2 is 1.76 bits per heavy atom. The summed E-state index contributed by atoms with van der Waals surface area (Å²) in [7, 11) is 3.33. The topological polar surface area (TPSA) is 54.4 Å². The van der Waals surface area contributed by atoms with Gasteiger partial charge in [0.15, 0.2) is 11.5 Å². The zero-order chi connectivity index (χ0) is 20.2. The molecule has 2 aliphatic heterocycles. The van der Waals surface area contributed by atoms with Crippen molar-refractivity contribution in [3.63, 3.8) is 0 Å². The number of aliphatic hydroxyl groups is 1. The van der Waals surface area contributed by atoms with Crippen molar-refractivity contribution in [3.8, 4) is 11.5 Å². The Kier molecular flexibility index (Phi) is 6.23. The molecule has 0 aliphatic carbocycles. The van der Waals surface area contributed by atoms with Crippen LogP contribution in [-0.4, -0.2) is 50.2 Å². The van der Waals surface area contributed by atoms with Crippen molar-refractivity contribution in [2.75, 3.05) is 39.0 Å². The molecule has 29 heavy (non-hydrogen) atoms. The van der Waals surface area contributed by atoms with E-state index in [0.717, 1.165) is 62.9 Å². The van der Waals surface area contributed by atoms with E-state index in [0.29, 0.717) is 6.04 Å². The van der Waals surface area contributed by atoms with E-state index >= 15 is 0 Å². The third-order valence-corrected chi connectivity index (χ3v) is 5.87. The fourth-order valence-corrected chi connectivity index (χ4v) is 4.38. The summed E-state index contributed by atoms with van der Waals surface area (Å²) >= 11 is 0. The van der Waals surface area contributed by atoms with Crippen LogP contribution in [0.3, 0.4) is 0 Å². The normalized spacial score (nSPS) is 17.8.